The number of anilines is 1. The second kappa shape index (κ2) is 7.40. The molecule has 0 saturated carbocycles. The number of hydrogen-bond acceptors (Lipinski definition) is 5. The highest BCUT2D eigenvalue weighted by Gasteiger charge is 2.12. The van der Waals surface area contributed by atoms with Crippen molar-refractivity contribution in [1.82, 2.24) is 9.97 Å². The topological polar surface area (TPSA) is 81.2 Å². The van der Waals surface area contributed by atoms with Crippen molar-refractivity contribution in [2.24, 2.45) is 0 Å². The average Bonchev–Trinajstić information content (AvgIpc) is 2.61. The Bertz CT molecular complexity index is 959. The van der Waals surface area contributed by atoms with E-state index in [1.165, 1.54) is 0 Å². The normalized spacial score (nSPS) is 10.5. The predicted octanol–water partition coefficient (Wildman–Crippen LogP) is 3.50. The van der Waals surface area contributed by atoms with Crippen LogP contribution in [0.4, 0.5) is 5.69 Å². The van der Waals surface area contributed by atoms with Gasteiger partial charge in [-0.15, -0.1) is 0 Å². The van der Waals surface area contributed by atoms with Gasteiger partial charge in [0.25, 0.3) is 5.91 Å². The first kappa shape index (κ1) is 17.0. The Morgan fingerprint density at radius 1 is 1.08 bits per heavy atom. The molecule has 3 aromatic rings. The van der Waals surface area contributed by atoms with Crippen molar-refractivity contribution >= 4 is 44.5 Å². The number of aromatic nitrogens is 2. The zero-order valence-electron chi connectivity index (χ0n) is 13.3. The fraction of sp³-hybridized carbons (Fsp3) is 0.111. The van der Waals surface area contributed by atoms with Crippen LogP contribution in [0.3, 0.4) is 0 Å². The minimum atomic E-state index is -0.592. The minimum absolute atomic E-state index is 0.317. The number of amides is 1. The number of halogens is 1. The van der Waals surface area contributed by atoms with E-state index in [0.717, 1.165) is 10.0 Å². The predicted molar refractivity (Wildman–Crippen MR) is 97.3 cm³/mol. The highest BCUT2D eigenvalue weighted by Crippen LogP contribution is 2.23. The zero-order valence-corrected chi connectivity index (χ0v) is 14.9. The summed E-state index contributed by atoms with van der Waals surface area (Å²) in [4.78, 5) is 32.3. The van der Waals surface area contributed by atoms with Crippen LogP contribution in [0, 0.1) is 6.92 Å². The van der Waals surface area contributed by atoms with Crippen molar-refractivity contribution in [3.8, 4) is 0 Å². The van der Waals surface area contributed by atoms with Crippen LogP contribution >= 0.6 is 15.9 Å². The Labute approximate surface area is 152 Å². The summed E-state index contributed by atoms with van der Waals surface area (Å²) in [5, 5.41) is 2.69. The number of nitrogens with one attached hydrogen (secondary N) is 1. The third-order valence-electron chi connectivity index (χ3n) is 3.44. The molecule has 25 heavy (non-hydrogen) atoms. The highest BCUT2D eigenvalue weighted by molar-refractivity contribution is 9.10. The number of benzene rings is 2. The van der Waals surface area contributed by atoms with Crippen LogP contribution in [0.25, 0.3) is 11.0 Å². The third kappa shape index (κ3) is 4.19. The van der Waals surface area contributed by atoms with Crippen molar-refractivity contribution in [3.63, 3.8) is 0 Å². The van der Waals surface area contributed by atoms with Gasteiger partial charge >= 0.3 is 5.97 Å². The lowest BCUT2D eigenvalue weighted by atomic mass is 10.2. The molecule has 1 amide bonds. The molecular weight excluding hydrogens is 386 g/mol. The van der Waals surface area contributed by atoms with E-state index in [0.29, 0.717) is 22.3 Å². The standard InChI is InChI=1S/C18H14BrN3O3/c1-11-2-4-14(13(19)8-11)22-17(23)10-25-18(24)12-3-5-15-16(9-12)21-7-6-20-15/h2-9H,10H2,1H3,(H,22,23). The van der Waals surface area contributed by atoms with Gasteiger partial charge in [-0.2, -0.15) is 0 Å². The summed E-state index contributed by atoms with van der Waals surface area (Å²) in [5.41, 5.74) is 3.27. The second-order valence-electron chi connectivity index (χ2n) is 5.37. The van der Waals surface area contributed by atoms with Crippen LogP contribution in [0.1, 0.15) is 15.9 Å². The first-order valence-electron chi connectivity index (χ1n) is 7.47. The SMILES string of the molecule is Cc1ccc(NC(=O)COC(=O)c2ccc3nccnc3c2)c(Br)c1. The van der Waals surface area contributed by atoms with Gasteiger partial charge in [-0.25, -0.2) is 4.79 Å². The first-order valence-corrected chi connectivity index (χ1v) is 8.26. The molecule has 0 radical (unpaired) electrons. The number of rotatable bonds is 4. The molecule has 0 unspecified atom stereocenters. The molecular formula is C18H14BrN3O3. The zero-order chi connectivity index (χ0) is 17.8. The van der Waals surface area contributed by atoms with E-state index in [1.807, 2.05) is 19.1 Å². The van der Waals surface area contributed by atoms with E-state index >= 15 is 0 Å². The van der Waals surface area contributed by atoms with Gasteiger partial charge in [0.1, 0.15) is 0 Å². The molecule has 1 N–H and O–H groups in total. The van der Waals surface area contributed by atoms with Crippen LogP contribution in [0.5, 0.6) is 0 Å². The minimum Gasteiger partial charge on any atom is -0.452 e. The summed E-state index contributed by atoms with van der Waals surface area (Å²) in [7, 11) is 0. The van der Waals surface area contributed by atoms with E-state index in [1.54, 1.807) is 36.7 Å². The monoisotopic (exact) mass is 399 g/mol. The maximum atomic E-state index is 12.1. The van der Waals surface area contributed by atoms with Gasteiger partial charge in [0.05, 0.1) is 22.3 Å². The van der Waals surface area contributed by atoms with Gasteiger partial charge in [0.2, 0.25) is 0 Å². The maximum Gasteiger partial charge on any atom is 0.338 e. The molecule has 3 rings (SSSR count). The number of aryl methyl sites for hydroxylation is 1. The van der Waals surface area contributed by atoms with Crippen LogP contribution in [-0.4, -0.2) is 28.5 Å². The smallest absolute Gasteiger partial charge is 0.338 e. The van der Waals surface area contributed by atoms with Crippen LogP contribution in [-0.2, 0) is 9.53 Å². The fourth-order valence-electron chi connectivity index (χ4n) is 2.21. The van der Waals surface area contributed by atoms with Gasteiger partial charge in [-0.1, -0.05) is 6.07 Å². The molecule has 0 saturated heterocycles. The number of esters is 1. The molecule has 7 heteroatoms. The van der Waals surface area contributed by atoms with Crippen LogP contribution in [0.15, 0.2) is 53.3 Å². The number of ether oxygens (including phenoxy) is 1. The summed E-state index contributed by atoms with van der Waals surface area (Å²) >= 11 is 3.38. The van der Waals surface area contributed by atoms with E-state index < -0.39 is 11.9 Å². The molecule has 0 bridgehead atoms. The molecule has 1 heterocycles. The summed E-state index contributed by atoms with van der Waals surface area (Å²) in [5.74, 6) is -1.01. The Kier molecular flexibility index (Phi) is 5.04. The largest absolute Gasteiger partial charge is 0.452 e. The summed E-state index contributed by atoms with van der Waals surface area (Å²) in [6.07, 6.45) is 3.12. The summed E-state index contributed by atoms with van der Waals surface area (Å²) < 4.78 is 5.82. The number of carbonyl (C=O) groups is 2. The number of carbonyl (C=O) groups excluding carboxylic acids is 2. The maximum absolute atomic E-state index is 12.1. The van der Waals surface area contributed by atoms with E-state index in [9.17, 15) is 9.59 Å². The molecule has 0 atom stereocenters. The van der Waals surface area contributed by atoms with E-state index in [-0.39, 0.29) is 6.61 Å². The molecule has 0 aliphatic heterocycles. The van der Waals surface area contributed by atoms with E-state index in [2.05, 4.69) is 31.2 Å². The van der Waals surface area contributed by atoms with Gasteiger partial charge < -0.3 is 10.1 Å². The third-order valence-corrected chi connectivity index (χ3v) is 4.09. The highest BCUT2D eigenvalue weighted by atomic mass is 79.9. The van der Waals surface area contributed by atoms with Crippen molar-refractivity contribution in [1.29, 1.82) is 0 Å². The molecule has 1 aromatic heterocycles. The molecule has 0 aliphatic carbocycles. The van der Waals surface area contributed by atoms with Crippen molar-refractivity contribution in [2.45, 2.75) is 6.92 Å². The van der Waals surface area contributed by atoms with Crippen LogP contribution in [0.2, 0.25) is 0 Å². The Balaban J connectivity index is 1.61. The van der Waals surface area contributed by atoms with Crippen molar-refractivity contribution < 1.29 is 14.3 Å². The van der Waals surface area contributed by atoms with Gasteiger partial charge in [0, 0.05) is 16.9 Å². The lowest BCUT2D eigenvalue weighted by Crippen LogP contribution is -2.21. The molecule has 0 aliphatic rings. The lowest BCUT2D eigenvalue weighted by Gasteiger charge is -2.09. The van der Waals surface area contributed by atoms with Crippen molar-refractivity contribution in [3.05, 3.63) is 64.4 Å². The van der Waals surface area contributed by atoms with Gasteiger partial charge in [-0.05, 0) is 58.7 Å². The van der Waals surface area contributed by atoms with Gasteiger partial charge in [0.15, 0.2) is 6.61 Å². The molecule has 0 fully saturated rings. The number of fused-ring (bicyclic) bond motifs is 1. The molecule has 0 spiro atoms. The fourth-order valence-corrected chi connectivity index (χ4v) is 2.80. The molecule has 2 aromatic carbocycles. The summed E-state index contributed by atoms with van der Waals surface area (Å²) in [6, 6.07) is 10.4. The lowest BCUT2D eigenvalue weighted by molar-refractivity contribution is -0.119. The number of nitrogens with zero attached hydrogens (tertiary/aromatic N) is 2. The Hall–Kier alpha value is -2.80. The second-order valence-corrected chi connectivity index (χ2v) is 6.22. The average molecular weight is 400 g/mol. The quantitative estimate of drug-likeness (QED) is 0.678. The number of hydrogen-bond donors (Lipinski definition) is 1. The summed E-state index contributed by atoms with van der Waals surface area (Å²) in [6.45, 7) is 1.57. The van der Waals surface area contributed by atoms with E-state index in [4.69, 9.17) is 4.74 Å². The Morgan fingerprint density at radius 3 is 2.60 bits per heavy atom. The molecule has 126 valence electrons. The first-order chi connectivity index (χ1) is 12.0. The van der Waals surface area contributed by atoms with Crippen molar-refractivity contribution in [2.75, 3.05) is 11.9 Å². The van der Waals surface area contributed by atoms with Gasteiger partial charge in [-0.3, -0.25) is 14.8 Å². The Morgan fingerprint density at radius 2 is 1.84 bits per heavy atom. The molecule has 6 nitrogen and oxygen atoms in total. The van der Waals surface area contributed by atoms with Crippen LogP contribution < -0.4 is 5.32 Å².